The van der Waals surface area contributed by atoms with E-state index in [1.54, 1.807) is 6.92 Å². The van der Waals surface area contributed by atoms with Gasteiger partial charge in [0.15, 0.2) is 4.87 Å². The van der Waals surface area contributed by atoms with Crippen LogP contribution < -0.4 is 5.32 Å². The van der Waals surface area contributed by atoms with Gasteiger partial charge in [-0.1, -0.05) is 0 Å². The molecule has 0 aromatic heterocycles. The molecule has 1 aliphatic heterocycles. The van der Waals surface area contributed by atoms with Crippen LogP contribution in [0.3, 0.4) is 0 Å². The molecule has 1 saturated heterocycles. The molecule has 1 unspecified atom stereocenters. The number of imide groups is 1. The van der Waals surface area contributed by atoms with E-state index in [0.717, 1.165) is 0 Å². The van der Waals surface area contributed by atoms with E-state index in [4.69, 9.17) is 0 Å². The molecule has 1 rings (SSSR count). The zero-order valence-electron chi connectivity index (χ0n) is 7.29. The van der Waals surface area contributed by atoms with E-state index in [1.165, 1.54) is 4.90 Å². The molecular formula is C7H12N2O2S. The highest BCUT2D eigenvalue weighted by molar-refractivity contribution is 7.82. The first-order valence-corrected chi connectivity index (χ1v) is 4.19. The highest BCUT2D eigenvalue weighted by atomic mass is 32.1. The summed E-state index contributed by atoms with van der Waals surface area (Å²) >= 11 is 4.13. The van der Waals surface area contributed by atoms with E-state index < -0.39 is 4.87 Å². The van der Waals surface area contributed by atoms with Crippen molar-refractivity contribution in [2.75, 3.05) is 0 Å². The van der Waals surface area contributed by atoms with E-state index in [2.05, 4.69) is 17.9 Å². The van der Waals surface area contributed by atoms with Crippen molar-refractivity contribution in [2.45, 2.75) is 31.7 Å². The molecule has 0 aromatic carbocycles. The first-order chi connectivity index (χ1) is 5.37. The fourth-order valence-corrected chi connectivity index (χ4v) is 1.70. The predicted octanol–water partition coefficient (Wildman–Crippen LogP) is 0.593. The summed E-state index contributed by atoms with van der Waals surface area (Å²) in [6.45, 7) is 5.29. The van der Waals surface area contributed by atoms with Crippen LogP contribution in [-0.2, 0) is 4.79 Å². The third-order valence-corrected chi connectivity index (χ3v) is 2.27. The Morgan fingerprint density at radius 2 is 2.00 bits per heavy atom. The average molecular weight is 188 g/mol. The minimum absolute atomic E-state index is 0.0288. The molecule has 1 heterocycles. The van der Waals surface area contributed by atoms with Crippen molar-refractivity contribution in [3.05, 3.63) is 0 Å². The van der Waals surface area contributed by atoms with Gasteiger partial charge in [0.2, 0.25) is 0 Å². The Morgan fingerprint density at radius 3 is 2.17 bits per heavy atom. The van der Waals surface area contributed by atoms with Crippen molar-refractivity contribution in [3.8, 4) is 0 Å². The summed E-state index contributed by atoms with van der Waals surface area (Å²) in [5.74, 6) is -0.357. The van der Waals surface area contributed by atoms with Gasteiger partial charge in [-0.15, -0.1) is 12.6 Å². The molecule has 1 N–H and O–H groups in total. The number of nitrogens with one attached hydrogen (secondary N) is 1. The number of hydrogen-bond acceptors (Lipinski definition) is 3. The van der Waals surface area contributed by atoms with E-state index in [0.29, 0.717) is 0 Å². The summed E-state index contributed by atoms with van der Waals surface area (Å²) in [6, 6.07) is -0.397. The molecular weight excluding hydrogens is 176 g/mol. The van der Waals surface area contributed by atoms with Gasteiger partial charge in [-0.3, -0.25) is 15.0 Å². The monoisotopic (exact) mass is 188 g/mol. The van der Waals surface area contributed by atoms with Crippen molar-refractivity contribution in [3.63, 3.8) is 0 Å². The van der Waals surface area contributed by atoms with E-state index >= 15 is 0 Å². The molecule has 0 saturated carbocycles. The van der Waals surface area contributed by atoms with Crippen LogP contribution >= 0.6 is 12.6 Å². The molecule has 1 aliphatic rings. The van der Waals surface area contributed by atoms with Crippen LogP contribution in [-0.4, -0.2) is 27.8 Å². The van der Waals surface area contributed by atoms with Crippen LogP contribution in [0.2, 0.25) is 0 Å². The second-order valence-corrected chi connectivity index (χ2v) is 4.11. The van der Waals surface area contributed by atoms with Crippen molar-refractivity contribution in [1.29, 1.82) is 0 Å². The van der Waals surface area contributed by atoms with Crippen LogP contribution in [0.5, 0.6) is 0 Å². The quantitative estimate of drug-likeness (QED) is 0.467. The Morgan fingerprint density at radius 1 is 1.50 bits per heavy atom. The Balaban J connectivity index is 2.99. The second kappa shape index (κ2) is 2.65. The normalized spacial score (nSPS) is 29.9. The molecule has 4 nitrogen and oxygen atoms in total. The molecule has 68 valence electrons. The van der Waals surface area contributed by atoms with Gasteiger partial charge in [0, 0.05) is 6.04 Å². The standard InChI is InChI=1S/C7H12N2O2S/c1-4(2)9-6(11)8-5(10)7(9,3)12/h4,12H,1-3H3,(H,8,10,11). The fourth-order valence-electron chi connectivity index (χ4n) is 1.32. The lowest BCUT2D eigenvalue weighted by Crippen LogP contribution is -2.46. The molecule has 1 fully saturated rings. The van der Waals surface area contributed by atoms with E-state index in [9.17, 15) is 9.59 Å². The molecule has 0 aromatic rings. The summed E-state index contributed by atoms with van der Waals surface area (Å²) in [5.41, 5.74) is 0. The van der Waals surface area contributed by atoms with Crippen molar-refractivity contribution in [2.24, 2.45) is 0 Å². The Bertz CT molecular complexity index is 238. The third kappa shape index (κ3) is 1.18. The van der Waals surface area contributed by atoms with Gasteiger partial charge in [0.1, 0.15) is 0 Å². The molecule has 0 aliphatic carbocycles. The van der Waals surface area contributed by atoms with Crippen LogP contribution in [0.25, 0.3) is 0 Å². The number of hydrogen-bond donors (Lipinski definition) is 2. The lowest BCUT2D eigenvalue weighted by Gasteiger charge is -2.30. The summed E-state index contributed by atoms with van der Waals surface area (Å²) in [4.78, 5) is 22.8. The first kappa shape index (κ1) is 9.38. The second-order valence-electron chi connectivity index (χ2n) is 3.24. The predicted molar refractivity (Wildman–Crippen MR) is 47.9 cm³/mol. The van der Waals surface area contributed by atoms with Crippen LogP contribution in [0.15, 0.2) is 0 Å². The first-order valence-electron chi connectivity index (χ1n) is 3.74. The zero-order chi connectivity index (χ0) is 9.52. The number of urea groups is 1. The number of thiol groups is 1. The molecule has 0 spiro atoms. The van der Waals surface area contributed by atoms with E-state index in [1.807, 2.05) is 13.8 Å². The largest absolute Gasteiger partial charge is 0.325 e. The van der Waals surface area contributed by atoms with Gasteiger partial charge in [0.25, 0.3) is 5.91 Å². The fraction of sp³-hybridized carbons (Fsp3) is 0.714. The lowest BCUT2D eigenvalue weighted by atomic mass is 10.2. The van der Waals surface area contributed by atoms with Gasteiger partial charge >= 0.3 is 6.03 Å². The Kier molecular flexibility index (Phi) is 2.07. The number of carbonyl (C=O) groups excluding carboxylic acids is 2. The van der Waals surface area contributed by atoms with Gasteiger partial charge in [-0.05, 0) is 20.8 Å². The van der Waals surface area contributed by atoms with Gasteiger partial charge in [0.05, 0.1) is 0 Å². The average Bonchev–Trinajstić information content (AvgIpc) is 2.02. The van der Waals surface area contributed by atoms with E-state index in [-0.39, 0.29) is 18.0 Å². The Hall–Kier alpha value is -0.710. The summed E-state index contributed by atoms with van der Waals surface area (Å²) in [6.07, 6.45) is 0. The minimum Gasteiger partial charge on any atom is -0.299 e. The lowest BCUT2D eigenvalue weighted by molar-refractivity contribution is -0.122. The molecule has 5 heteroatoms. The highest BCUT2D eigenvalue weighted by Gasteiger charge is 2.47. The summed E-state index contributed by atoms with van der Waals surface area (Å²) in [7, 11) is 0. The molecule has 12 heavy (non-hydrogen) atoms. The highest BCUT2D eigenvalue weighted by Crippen LogP contribution is 2.27. The molecule has 0 radical (unpaired) electrons. The van der Waals surface area contributed by atoms with Crippen LogP contribution in [0, 0.1) is 0 Å². The number of carbonyl (C=O) groups is 2. The summed E-state index contributed by atoms with van der Waals surface area (Å²) in [5, 5.41) is 2.21. The smallest absolute Gasteiger partial charge is 0.299 e. The van der Waals surface area contributed by atoms with Crippen molar-refractivity contribution < 1.29 is 9.59 Å². The minimum atomic E-state index is -1.01. The van der Waals surface area contributed by atoms with Crippen LogP contribution in [0.4, 0.5) is 4.79 Å². The number of rotatable bonds is 1. The molecule has 0 bridgehead atoms. The number of nitrogens with zero attached hydrogens (tertiary/aromatic N) is 1. The Labute approximate surface area is 76.7 Å². The maximum absolute atomic E-state index is 11.2. The summed E-state index contributed by atoms with van der Waals surface area (Å²) < 4.78 is 0. The van der Waals surface area contributed by atoms with Crippen molar-refractivity contribution >= 4 is 24.6 Å². The SMILES string of the molecule is CC(C)N1C(=O)NC(=O)C1(C)S. The third-order valence-electron chi connectivity index (χ3n) is 1.85. The van der Waals surface area contributed by atoms with Gasteiger partial charge < -0.3 is 0 Å². The van der Waals surface area contributed by atoms with Crippen LogP contribution in [0.1, 0.15) is 20.8 Å². The molecule has 1 atom stereocenters. The van der Waals surface area contributed by atoms with Gasteiger partial charge in [-0.2, -0.15) is 0 Å². The topological polar surface area (TPSA) is 49.4 Å². The maximum atomic E-state index is 11.2. The van der Waals surface area contributed by atoms with Gasteiger partial charge in [-0.25, -0.2) is 4.79 Å². The zero-order valence-corrected chi connectivity index (χ0v) is 8.18. The maximum Gasteiger partial charge on any atom is 0.325 e. The van der Waals surface area contributed by atoms with Crippen molar-refractivity contribution in [1.82, 2.24) is 10.2 Å². The number of amides is 3. The molecule has 3 amide bonds.